The third-order valence-electron chi connectivity index (χ3n) is 4.67. The summed E-state index contributed by atoms with van der Waals surface area (Å²) in [5.74, 6) is 0.967. The van der Waals surface area contributed by atoms with Crippen molar-refractivity contribution in [1.82, 2.24) is 9.62 Å². The molecule has 0 bridgehead atoms. The van der Waals surface area contributed by atoms with Crippen LogP contribution >= 0.6 is 0 Å². The summed E-state index contributed by atoms with van der Waals surface area (Å²) >= 11 is 0. The molecule has 1 N–H and O–H groups in total. The van der Waals surface area contributed by atoms with Gasteiger partial charge in [0.2, 0.25) is 10.0 Å². The Bertz CT molecular complexity index is 400. The highest BCUT2D eigenvalue weighted by Gasteiger charge is 2.32. The molecule has 2 aliphatic rings. The van der Waals surface area contributed by atoms with Gasteiger partial charge in [-0.3, -0.25) is 0 Å². The lowest BCUT2D eigenvalue weighted by Crippen LogP contribution is -2.44. The summed E-state index contributed by atoms with van der Waals surface area (Å²) in [6.45, 7) is 8.86. The molecule has 0 radical (unpaired) electrons. The van der Waals surface area contributed by atoms with E-state index >= 15 is 0 Å². The van der Waals surface area contributed by atoms with E-state index in [1.54, 1.807) is 4.31 Å². The maximum Gasteiger partial charge on any atom is 0.214 e. The Morgan fingerprint density at radius 1 is 1.15 bits per heavy atom. The molecule has 0 amide bonds. The minimum absolute atomic E-state index is 0.0825. The van der Waals surface area contributed by atoms with Gasteiger partial charge in [0.15, 0.2) is 0 Å². The van der Waals surface area contributed by atoms with Gasteiger partial charge in [-0.05, 0) is 50.0 Å². The fourth-order valence-corrected chi connectivity index (χ4v) is 5.13. The first-order chi connectivity index (χ1) is 9.28. The van der Waals surface area contributed by atoms with Crippen molar-refractivity contribution >= 4 is 10.0 Å². The quantitative estimate of drug-likeness (QED) is 0.866. The second kappa shape index (κ2) is 6.32. The standard InChI is InChI=1S/C15H30N2O2S/c1-15(2,3)8-12-20(18,19)17-10-6-13(7-11-17)14-5-4-9-16-14/h13-14,16H,4-12H2,1-3H3. The summed E-state index contributed by atoms with van der Waals surface area (Å²) in [4.78, 5) is 0. The van der Waals surface area contributed by atoms with Crippen LogP contribution in [0.2, 0.25) is 0 Å². The number of hydrogen-bond acceptors (Lipinski definition) is 3. The van der Waals surface area contributed by atoms with Crippen LogP contribution in [0.1, 0.15) is 52.9 Å². The van der Waals surface area contributed by atoms with Crippen LogP contribution in [0.3, 0.4) is 0 Å². The minimum atomic E-state index is -3.05. The van der Waals surface area contributed by atoms with Gasteiger partial charge in [0, 0.05) is 19.1 Å². The molecular formula is C15H30N2O2S. The Morgan fingerprint density at radius 3 is 2.30 bits per heavy atom. The molecule has 2 aliphatic heterocycles. The van der Waals surface area contributed by atoms with Gasteiger partial charge in [-0.25, -0.2) is 12.7 Å². The number of rotatable bonds is 4. The molecule has 118 valence electrons. The normalized spacial score (nSPS) is 27.1. The summed E-state index contributed by atoms with van der Waals surface area (Å²) in [6.07, 6.45) is 5.31. The molecule has 2 rings (SSSR count). The molecule has 20 heavy (non-hydrogen) atoms. The second-order valence-corrected chi connectivity index (χ2v) is 9.65. The number of nitrogens with one attached hydrogen (secondary N) is 1. The van der Waals surface area contributed by atoms with Gasteiger partial charge >= 0.3 is 0 Å². The number of hydrogen-bond donors (Lipinski definition) is 1. The smallest absolute Gasteiger partial charge is 0.214 e. The molecule has 1 unspecified atom stereocenters. The van der Waals surface area contributed by atoms with Crippen LogP contribution < -0.4 is 5.32 Å². The lowest BCUT2D eigenvalue weighted by Gasteiger charge is -2.34. The predicted molar refractivity (Wildman–Crippen MR) is 83.2 cm³/mol. The molecule has 0 aromatic rings. The SMILES string of the molecule is CC(C)(C)CCS(=O)(=O)N1CCC(C2CCCN2)CC1. The Morgan fingerprint density at radius 2 is 1.80 bits per heavy atom. The molecule has 4 nitrogen and oxygen atoms in total. The lowest BCUT2D eigenvalue weighted by atomic mass is 9.89. The molecule has 2 fully saturated rings. The average Bonchev–Trinajstić information content (AvgIpc) is 2.90. The first-order valence-electron chi connectivity index (χ1n) is 7.99. The lowest BCUT2D eigenvalue weighted by molar-refractivity contribution is 0.233. The Balaban J connectivity index is 1.83. The molecule has 2 saturated heterocycles. The largest absolute Gasteiger partial charge is 0.314 e. The molecule has 0 aromatic heterocycles. The molecule has 0 aromatic carbocycles. The minimum Gasteiger partial charge on any atom is -0.314 e. The van der Waals surface area contributed by atoms with Crippen LogP contribution in [0.25, 0.3) is 0 Å². The van der Waals surface area contributed by atoms with Crippen molar-refractivity contribution in [2.75, 3.05) is 25.4 Å². The van der Waals surface area contributed by atoms with Crippen LogP contribution in [-0.4, -0.2) is 44.2 Å². The molecule has 2 heterocycles. The summed E-state index contributed by atoms with van der Waals surface area (Å²) in [6, 6.07) is 0.634. The van der Waals surface area contributed by atoms with E-state index in [0.717, 1.165) is 38.9 Å². The van der Waals surface area contributed by atoms with Crippen LogP contribution in [0, 0.1) is 11.3 Å². The second-order valence-electron chi connectivity index (χ2n) is 7.57. The van der Waals surface area contributed by atoms with Crippen LogP contribution in [0.15, 0.2) is 0 Å². The van der Waals surface area contributed by atoms with Gasteiger partial charge in [0.25, 0.3) is 0 Å². The van der Waals surface area contributed by atoms with Crippen molar-refractivity contribution in [2.24, 2.45) is 11.3 Å². The maximum absolute atomic E-state index is 12.4. The van der Waals surface area contributed by atoms with Crippen LogP contribution in [0.4, 0.5) is 0 Å². The fraction of sp³-hybridized carbons (Fsp3) is 1.00. The van der Waals surface area contributed by atoms with E-state index in [4.69, 9.17) is 0 Å². The summed E-state index contributed by atoms with van der Waals surface area (Å²) in [7, 11) is -3.05. The third-order valence-corrected chi connectivity index (χ3v) is 6.54. The Kier molecular flexibility index (Phi) is 5.14. The van der Waals surface area contributed by atoms with Crippen molar-refractivity contribution < 1.29 is 8.42 Å². The van der Waals surface area contributed by atoms with Crippen molar-refractivity contribution in [2.45, 2.75) is 58.9 Å². The summed E-state index contributed by atoms with van der Waals surface area (Å²) in [5, 5.41) is 3.56. The Labute approximate surface area is 124 Å². The topological polar surface area (TPSA) is 49.4 Å². The third kappa shape index (κ3) is 4.43. The van der Waals surface area contributed by atoms with Crippen molar-refractivity contribution in [3.8, 4) is 0 Å². The number of nitrogens with zero attached hydrogens (tertiary/aromatic N) is 1. The summed E-state index contributed by atoms with van der Waals surface area (Å²) in [5.41, 5.74) is 0.0825. The highest BCUT2D eigenvalue weighted by atomic mass is 32.2. The number of piperidine rings is 1. The zero-order chi connectivity index (χ0) is 14.8. The van der Waals surface area contributed by atoms with Gasteiger partial charge < -0.3 is 5.32 Å². The van der Waals surface area contributed by atoms with Crippen molar-refractivity contribution in [1.29, 1.82) is 0 Å². The first kappa shape index (κ1) is 16.2. The van der Waals surface area contributed by atoms with E-state index in [0.29, 0.717) is 17.7 Å². The van der Waals surface area contributed by atoms with Crippen molar-refractivity contribution in [3.63, 3.8) is 0 Å². The molecule has 5 heteroatoms. The predicted octanol–water partition coefficient (Wildman–Crippen LogP) is 2.22. The highest BCUT2D eigenvalue weighted by Crippen LogP contribution is 2.28. The zero-order valence-corrected chi connectivity index (χ0v) is 14.0. The van der Waals surface area contributed by atoms with E-state index in [2.05, 4.69) is 26.1 Å². The molecule has 0 saturated carbocycles. The van der Waals surface area contributed by atoms with E-state index in [-0.39, 0.29) is 5.41 Å². The molecule has 0 spiro atoms. The van der Waals surface area contributed by atoms with Gasteiger partial charge in [-0.15, -0.1) is 0 Å². The van der Waals surface area contributed by atoms with Gasteiger partial charge in [-0.1, -0.05) is 20.8 Å². The van der Waals surface area contributed by atoms with Crippen LogP contribution in [0.5, 0.6) is 0 Å². The average molecular weight is 302 g/mol. The van der Waals surface area contributed by atoms with E-state index in [1.165, 1.54) is 12.8 Å². The number of sulfonamides is 1. The maximum atomic E-state index is 12.4. The monoisotopic (exact) mass is 302 g/mol. The molecule has 1 atom stereocenters. The van der Waals surface area contributed by atoms with Crippen molar-refractivity contribution in [3.05, 3.63) is 0 Å². The Hall–Kier alpha value is -0.130. The fourth-order valence-electron chi connectivity index (χ4n) is 3.23. The van der Waals surface area contributed by atoms with E-state index in [1.807, 2.05) is 0 Å². The van der Waals surface area contributed by atoms with E-state index < -0.39 is 10.0 Å². The first-order valence-corrected chi connectivity index (χ1v) is 9.60. The summed E-state index contributed by atoms with van der Waals surface area (Å²) < 4.78 is 26.5. The van der Waals surface area contributed by atoms with E-state index in [9.17, 15) is 8.42 Å². The van der Waals surface area contributed by atoms with Gasteiger partial charge in [0.1, 0.15) is 0 Å². The molecule has 0 aliphatic carbocycles. The van der Waals surface area contributed by atoms with Gasteiger partial charge in [0.05, 0.1) is 5.75 Å². The zero-order valence-electron chi connectivity index (χ0n) is 13.2. The molecular weight excluding hydrogens is 272 g/mol. The van der Waals surface area contributed by atoms with Gasteiger partial charge in [-0.2, -0.15) is 0 Å². The highest BCUT2D eigenvalue weighted by molar-refractivity contribution is 7.89. The van der Waals surface area contributed by atoms with Crippen LogP contribution in [-0.2, 0) is 10.0 Å².